The van der Waals surface area contributed by atoms with Crippen LogP contribution in [0.25, 0.3) is 0 Å². The summed E-state index contributed by atoms with van der Waals surface area (Å²) in [5, 5.41) is 0.108. The molecule has 1 heterocycles. The fraction of sp³-hybridized carbons (Fsp3) is 0.167. The lowest BCUT2D eigenvalue weighted by Gasteiger charge is -2.13. The van der Waals surface area contributed by atoms with Crippen molar-refractivity contribution in [1.82, 2.24) is 5.43 Å². The Morgan fingerprint density at radius 3 is 2.72 bits per heavy atom. The average Bonchev–Trinajstić information content (AvgIpc) is 2.77. The molecule has 3 nitrogen and oxygen atoms in total. The van der Waals surface area contributed by atoms with Crippen LogP contribution in [0.2, 0.25) is 5.02 Å². The quantitative estimate of drug-likeness (QED) is 0.664. The third kappa shape index (κ3) is 3.11. The lowest BCUT2D eigenvalue weighted by molar-refractivity contribution is 0.404. The SMILES string of the molecule is NNC(Cc1ccc(Cl)c(F)c1)c1ccc(Br)o1. The first-order valence-corrected chi connectivity index (χ1v) is 6.42. The Hall–Kier alpha value is -0.880. The summed E-state index contributed by atoms with van der Waals surface area (Å²) in [5.74, 6) is 5.73. The number of hydrogen-bond donors (Lipinski definition) is 2. The van der Waals surface area contributed by atoms with E-state index in [0.717, 1.165) is 5.56 Å². The standard InChI is InChI=1S/C12H11BrClFN2O/c13-12-4-3-11(18-12)10(17-16)6-7-1-2-8(14)9(15)5-7/h1-5,10,17H,6,16H2. The molecule has 0 radical (unpaired) electrons. The summed E-state index contributed by atoms with van der Waals surface area (Å²) in [5.41, 5.74) is 3.43. The van der Waals surface area contributed by atoms with E-state index < -0.39 is 5.82 Å². The van der Waals surface area contributed by atoms with Gasteiger partial charge in [0.2, 0.25) is 0 Å². The molecule has 0 spiro atoms. The van der Waals surface area contributed by atoms with Gasteiger partial charge in [-0.1, -0.05) is 17.7 Å². The molecule has 0 fully saturated rings. The maximum Gasteiger partial charge on any atom is 0.169 e. The van der Waals surface area contributed by atoms with E-state index in [1.165, 1.54) is 12.1 Å². The smallest absolute Gasteiger partial charge is 0.169 e. The molecular weight excluding hydrogens is 322 g/mol. The molecule has 3 N–H and O–H groups in total. The zero-order valence-corrected chi connectivity index (χ0v) is 11.6. The van der Waals surface area contributed by atoms with Gasteiger partial charge in [-0.2, -0.15) is 0 Å². The average molecular weight is 334 g/mol. The van der Waals surface area contributed by atoms with E-state index in [9.17, 15) is 4.39 Å². The summed E-state index contributed by atoms with van der Waals surface area (Å²) < 4.78 is 19.4. The molecule has 2 aromatic rings. The molecule has 0 amide bonds. The summed E-state index contributed by atoms with van der Waals surface area (Å²) in [7, 11) is 0. The molecule has 2 rings (SSSR count). The topological polar surface area (TPSA) is 51.2 Å². The number of furan rings is 1. The van der Waals surface area contributed by atoms with Crippen LogP contribution in [0.1, 0.15) is 17.4 Å². The first-order chi connectivity index (χ1) is 8.60. The molecule has 1 aromatic carbocycles. The van der Waals surface area contributed by atoms with E-state index in [-0.39, 0.29) is 11.1 Å². The predicted molar refractivity (Wildman–Crippen MR) is 71.6 cm³/mol. The lowest BCUT2D eigenvalue weighted by atomic mass is 10.0. The van der Waals surface area contributed by atoms with Crippen LogP contribution in [0.5, 0.6) is 0 Å². The molecular formula is C12H11BrClFN2O. The zero-order chi connectivity index (χ0) is 13.1. The van der Waals surface area contributed by atoms with Crippen molar-refractivity contribution in [3.8, 4) is 0 Å². The van der Waals surface area contributed by atoms with Crippen molar-refractivity contribution in [2.24, 2.45) is 5.84 Å². The van der Waals surface area contributed by atoms with Gasteiger partial charge >= 0.3 is 0 Å². The van der Waals surface area contributed by atoms with Crippen LogP contribution in [-0.2, 0) is 6.42 Å². The molecule has 6 heteroatoms. The Bertz CT molecular complexity index is 547. The van der Waals surface area contributed by atoms with Crippen LogP contribution < -0.4 is 11.3 Å². The van der Waals surface area contributed by atoms with E-state index in [1.807, 2.05) is 0 Å². The highest BCUT2D eigenvalue weighted by molar-refractivity contribution is 9.10. The van der Waals surface area contributed by atoms with Gasteiger partial charge < -0.3 is 4.42 Å². The van der Waals surface area contributed by atoms with E-state index in [2.05, 4.69) is 21.4 Å². The molecule has 0 bridgehead atoms. The lowest BCUT2D eigenvalue weighted by Crippen LogP contribution is -2.29. The molecule has 0 saturated carbocycles. The fourth-order valence-electron chi connectivity index (χ4n) is 1.66. The molecule has 0 aliphatic carbocycles. The first-order valence-electron chi connectivity index (χ1n) is 5.25. The third-order valence-electron chi connectivity index (χ3n) is 2.56. The second-order valence-electron chi connectivity index (χ2n) is 3.81. The summed E-state index contributed by atoms with van der Waals surface area (Å²) in [6, 6.07) is 8.04. The van der Waals surface area contributed by atoms with Gasteiger partial charge in [-0.25, -0.2) is 9.82 Å². The van der Waals surface area contributed by atoms with Gasteiger partial charge in [0.1, 0.15) is 11.6 Å². The minimum absolute atomic E-state index is 0.108. The maximum atomic E-state index is 13.3. The highest BCUT2D eigenvalue weighted by Gasteiger charge is 2.15. The van der Waals surface area contributed by atoms with Crippen molar-refractivity contribution in [3.63, 3.8) is 0 Å². The van der Waals surface area contributed by atoms with E-state index in [1.54, 1.807) is 18.2 Å². The van der Waals surface area contributed by atoms with Gasteiger partial charge in [0.15, 0.2) is 4.67 Å². The van der Waals surface area contributed by atoms with Crippen LogP contribution >= 0.6 is 27.5 Å². The monoisotopic (exact) mass is 332 g/mol. The zero-order valence-electron chi connectivity index (χ0n) is 9.29. The summed E-state index contributed by atoms with van der Waals surface area (Å²) in [6.45, 7) is 0. The number of halogens is 3. The highest BCUT2D eigenvalue weighted by atomic mass is 79.9. The maximum absolute atomic E-state index is 13.3. The molecule has 0 aliphatic rings. The highest BCUT2D eigenvalue weighted by Crippen LogP contribution is 2.24. The van der Waals surface area contributed by atoms with Gasteiger partial charge in [-0.3, -0.25) is 5.84 Å². The number of benzene rings is 1. The number of nitrogens with two attached hydrogens (primary N) is 1. The molecule has 1 aromatic heterocycles. The van der Waals surface area contributed by atoms with Gasteiger partial charge in [0, 0.05) is 0 Å². The largest absolute Gasteiger partial charge is 0.453 e. The van der Waals surface area contributed by atoms with Crippen LogP contribution in [0, 0.1) is 5.82 Å². The fourth-order valence-corrected chi connectivity index (χ4v) is 2.10. The van der Waals surface area contributed by atoms with Crippen LogP contribution in [-0.4, -0.2) is 0 Å². The number of hydrazine groups is 1. The van der Waals surface area contributed by atoms with Crippen molar-refractivity contribution in [3.05, 3.63) is 57.2 Å². The minimum Gasteiger partial charge on any atom is -0.453 e. The molecule has 96 valence electrons. The second kappa shape index (κ2) is 5.84. The summed E-state index contributed by atoms with van der Waals surface area (Å²) in [4.78, 5) is 0. The Kier molecular flexibility index (Phi) is 4.40. The Labute approximate surface area is 117 Å². The normalized spacial score (nSPS) is 12.7. The molecule has 1 unspecified atom stereocenters. The number of nitrogens with one attached hydrogen (secondary N) is 1. The van der Waals surface area contributed by atoms with Crippen molar-refractivity contribution in [2.75, 3.05) is 0 Å². The van der Waals surface area contributed by atoms with Gasteiger partial charge in [-0.15, -0.1) is 0 Å². The summed E-state index contributed by atoms with van der Waals surface area (Å²) >= 11 is 8.85. The van der Waals surface area contributed by atoms with Crippen LogP contribution in [0.4, 0.5) is 4.39 Å². The third-order valence-corrected chi connectivity index (χ3v) is 3.30. The van der Waals surface area contributed by atoms with E-state index in [0.29, 0.717) is 16.9 Å². The van der Waals surface area contributed by atoms with E-state index >= 15 is 0 Å². The van der Waals surface area contributed by atoms with Crippen LogP contribution in [0.15, 0.2) is 39.4 Å². The minimum atomic E-state index is -0.439. The first kappa shape index (κ1) is 13.5. The van der Waals surface area contributed by atoms with Gasteiger partial charge in [0.05, 0.1) is 11.1 Å². The van der Waals surface area contributed by atoms with Crippen LogP contribution in [0.3, 0.4) is 0 Å². The number of hydrogen-bond acceptors (Lipinski definition) is 3. The molecule has 0 aliphatic heterocycles. The Balaban J connectivity index is 2.17. The molecule has 18 heavy (non-hydrogen) atoms. The Morgan fingerprint density at radius 1 is 1.39 bits per heavy atom. The van der Waals surface area contributed by atoms with Crippen molar-refractivity contribution in [2.45, 2.75) is 12.5 Å². The van der Waals surface area contributed by atoms with Gasteiger partial charge in [0.25, 0.3) is 0 Å². The van der Waals surface area contributed by atoms with E-state index in [4.69, 9.17) is 21.9 Å². The van der Waals surface area contributed by atoms with Crippen molar-refractivity contribution in [1.29, 1.82) is 0 Å². The van der Waals surface area contributed by atoms with Crippen molar-refractivity contribution >= 4 is 27.5 Å². The molecule has 0 saturated heterocycles. The van der Waals surface area contributed by atoms with Gasteiger partial charge in [-0.05, 0) is 52.2 Å². The molecule has 1 atom stereocenters. The predicted octanol–water partition coefficient (Wildman–Crippen LogP) is 3.58. The Morgan fingerprint density at radius 2 is 2.17 bits per heavy atom. The summed E-state index contributed by atoms with van der Waals surface area (Å²) in [6.07, 6.45) is 0.505. The second-order valence-corrected chi connectivity index (χ2v) is 5.00. The number of rotatable bonds is 4. The van der Waals surface area contributed by atoms with Crippen molar-refractivity contribution < 1.29 is 8.81 Å².